The van der Waals surface area contributed by atoms with Crippen LogP contribution in [0.25, 0.3) is 0 Å². The van der Waals surface area contributed by atoms with Crippen LogP contribution in [0.4, 0.5) is 0 Å². The second kappa shape index (κ2) is 4.94. The number of phenolic OH excluding ortho intramolecular Hbond substituents is 1. The topological polar surface area (TPSA) is 87.4 Å². The van der Waals surface area contributed by atoms with Crippen molar-refractivity contribution in [1.29, 1.82) is 0 Å². The number of nitrogens with one attached hydrogen (secondary N) is 2. The van der Waals surface area contributed by atoms with Crippen molar-refractivity contribution in [2.45, 2.75) is 0 Å². The van der Waals surface area contributed by atoms with Gasteiger partial charge in [-0.05, 0) is 30.4 Å². The summed E-state index contributed by atoms with van der Waals surface area (Å²) in [6.07, 6.45) is 0. The summed E-state index contributed by atoms with van der Waals surface area (Å²) in [5.41, 5.74) is 9.74. The number of thiocarbonyl (C=S) groups is 1. The number of aromatic hydroxyl groups is 1. The molecular formula is C8H8BrN3O2S. The minimum absolute atomic E-state index is 0.0556. The summed E-state index contributed by atoms with van der Waals surface area (Å²) in [6.45, 7) is 0. The van der Waals surface area contributed by atoms with E-state index in [0.717, 1.165) is 0 Å². The average molecular weight is 290 g/mol. The van der Waals surface area contributed by atoms with Crippen molar-refractivity contribution < 1.29 is 9.90 Å². The molecule has 0 spiro atoms. The maximum atomic E-state index is 11.4. The van der Waals surface area contributed by atoms with E-state index in [4.69, 9.17) is 5.73 Å². The predicted octanol–water partition coefficient (Wildman–Crippen LogP) is 0.633. The Balaban J connectivity index is 2.78. The molecule has 0 saturated heterocycles. The Morgan fingerprint density at radius 2 is 2.13 bits per heavy atom. The van der Waals surface area contributed by atoms with Gasteiger partial charge in [0.15, 0.2) is 5.11 Å². The summed E-state index contributed by atoms with van der Waals surface area (Å²) in [7, 11) is 0. The number of benzene rings is 1. The monoisotopic (exact) mass is 289 g/mol. The van der Waals surface area contributed by atoms with E-state index in [2.05, 4.69) is 39.0 Å². The van der Waals surface area contributed by atoms with Crippen molar-refractivity contribution in [1.82, 2.24) is 10.9 Å². The van der Waals surface area contributed by atoms with Gasteiger partial charge in [0.1, 0.15) is 5.75 Å². The summed E-state index contributed by atoms with van der Waals surface area (Å²) in [4.78, 5) is 11.4. The van der Waals surface area contributed by atoms with Crippen LogP contribution in [-0.4, -0.2) is 16.1 Å². The number of hydrazine groups is 1. The van der Waals surface area contributed by atoms with Crippen LogP contribution in [0, 0.1) is 0 Å². The molecular weight excluding hydrogens is 282 g/mol. The quantitative estimate of drug-likeness (QED) is 0.450. The zero-order chi connectivity index (χ0) is 11.4. The van der Waals surface area contributed by atoms with Gasteiger partial charge in [0.25, 0.3) is 5.91 Å². The molecule has 0 fully saturated rings. The maximum absolute atomic E-state index is 11.4. The number of hydrogen-bond donors (Lipinski definition) is 4. The van der Waals surface area contributed by atoms with Crippen molar-refractivity contribution in [3.63, 3.8) is 0 Å². The molecule has 5 nitrogen and oxygen atoms in total. The zero-order valence-corrected chi connectivity index (χ0v) is 9.85. The Morgan fingerprint density at radius 3 is 2.67 bits per heavy atom. The highest BCUT2D eigenvalue weighted by Gasteiger charge is 2.10. The lowest BCUT2D eigenvalue weighted by atomic mass is 10.2. The standard InChI is InChI=1S/C8H8BrN3O2S/c9-4-1-2-5(6(13)3-4)7(14)11-12-8(10)15/h1-3,13H,(H,11,14)(H3,10,12,15). The van der Waals surface area contributed by atoms with Gasteiger partial charge in [0.05, 0.1) is 5.56 Å². The first-order valence-corrected chi connectivity index (χ1v) is 5.05. The lowest BCUT2D eigenvalue weighted by molar-refractivity contribution is 0.0941. The Labute approximate surface area is 99.8 Å². The predicted molar refractivity (Wildman–Crippen MR) is 63.2 cm³/mol. The second-order valence-electron chi connectivity index (χ2n) is 2.60. The normalized spacial score (nSPS) is 9.40. The minimum Gasteiger partial charge on any atom is -0.507 e. The number of carbonyl (C=O) groups excluding carboxylic acids is 1. The van der Waals surface area contributed by atoms with Gasteiger partial charge in [-0.15, -0.1) is 0 Å². The van der Waals surface area contributed by atoms with Gasteiger partial charge in [-0.25, -0.2) is 0 Å². The first-order chi connectivity index (χ1) is 7.00. The van der Waals surface area contributed by atoms with Gasteiger partial charge in [0, 0.05) is 4.47 Å². The molecule has 80 valence electrons. The van der Waals surface area contributed by atoms with Crippen LogP contribution in [0.1, 0.15) is 10.4 Å². The Bertz CT molecular complexity index is 411. The Hall–Kier alpha value is -1.34. The van der Waals surface area contributed by atoms with Gasteiger partial charge in [0.2, 0.25) is 0 Å². The molecule has 0 atom stereocenters. The maximum Gasteiger partial charge on any atom is 0.273 e. The molecule has 0 heterocycles. The van der Waals surface area contributed by atoms with Gasteiger partial charge in [-0.1, -0.05) is 15.9 Å². The number of rotatable bonds is 1. The first kappa shape index (κ1) is 11.7. The number of nitrogens with two attached hydrogens (primary N) is 1. The summed E-state index contributed by atoms with van der Waals surface area (Å²) in [6, 6.07) is 4.51. The van der Waals surface area contributed by atoms with Crippen molar-refractivity contribution >= 4 is 39.2 Å². The van der Waals surface area contributed by atoms with Crippen LogP contribution in [0.15, 0.2) is 22.7 Å². The largest absolute Gasteiger partial charge is 0.507 e. The van der Waals surface area contributed by atoms with Crippen LogP contribution >= 0.6 is 28.1 Å². The molecule has 0 radical (unpaired) electrons. The van der Waals surface area contributed by atoms with Crippen molar-refractivity contribution in [2.24, 2.45) is 5.73 Å². The Morgan fingerprint density at radius 1 is 1.47 bits per heavy atom. The second-order valence-corrected chi connectivity index (χ2v) is 3.96. The van der Waals surface area contributed by atoms with Gasteiger partial charge < -0.3 is 10.8 Å². The van der Waals surface area contributed by atoms with E-state index in [9.17, 15) is 9.90 Å². The lowest BCUT2D eigenvalue weighted by Gasteiger charge is -2.07. The highest BCUT2D eigenvalue weighted by molar-refractivity contribution is 9.10. The smallest absolute Gasteiger partial charge is 0.273 e. The molecule has 0 bridgehead atoms. The molecule has 0 aliphatic rings. The number of phenols is 1. The van der Waals surface area contributed by atoms with E-state index in [1.54, 1.807) is 6.07 Å². The van der Waals surface area contributed by atoms with Gasteiger partial charge in [-0.2, -0.15) is 0 Å². The third kappa shape index (κ3) is 3.37. The van der Waals surface area contributed by atoms with Crippen molar-refractivity contribution in [3.05, 3.63) is 28.2 Å². The summed E-state index contributed by atoms with van der Waals surface area (Å²) < 4.78 is 0.679. The third-order valence-electron chi connectivity index (χ3n) is 1.50. The van der Waals surface area contributed by atoms with Crippen molar-refractivity contribution in [3.8, 4) is 5.75 Å². The highest BCUT2D eigenvalue weighted by Crippen LogP contribution is 2.21. The molecule has 1 amide bonds. The van der Waals surface area contributed by atoms with Crippen LogP contribution < -0.4 is 16.6 Å². The molecule has 0 aliphatic carbocycles. The molecule has 1 rings (SSSR count). The van der Waals surface area contributed by atoms with E-state index in [1.807, 2.05) is 0 Å². The van der Waals surface area contributed by atoms with Gasteiger partial charge >= 0.3 is 0 Å². The SMILES string of the molecule is NC(=S)NNC(=O)c1ccc(Br)cc1O. The molecule has 7 heteroatoms. The number of hydrogen-bond acceptors (Lipinski definition) is 3. The van der Waals surface area contributed by atoms with E-state index in [0.29, 0.717) is 4.47 Å². The van der Waals surface area contributed by atoms with E-state index in [1.165, 1.54) is 12.1 Å². The lowest BCUT2D eigenvalue weighted by Crippen LogP contribution is -2.44. The van der Waals surface area contributed by atoms with Crippen molar-refractivity contribution in [2.75, 3.05) is 0 Å². The molecule has 1 aromatic carbocycles. The summed E-state index contributed by atoms with van der Waals surface area (Å²) >= 11 is 7.66. The van der Waals surface area contributed by atoms with Crippen LogP contribution in [-0.2, 0) is 0 Å². The fourth-order valence-electron chi connectivity index (χ4n) is 0.883. The molecule has 15 heavy (non-hydrogen) atoms. The van der Waals surface area contributed by atoms with E-state index in [-0.39, 0.29) is 16.4 Å². The highest BCUT2D eigenvalue weighted by atomic mass is 79.9. The summed E-state index contributed by atoms with van der Waals surface area (Å²) in [5.74, 6) is -0.653. The van der Waals surface area contributed by atoms with Crippen LogP contribution in [0.2, 0.25) is 0 Å². The minimum atomic E-state index is -0.521. The molecule has 0 saturated carbocycles. The third-order valence-corrected chi connectivity index (χ3v) is 2.10. The zero-order valence-electron chi connectivity index (χ0n) is 7.45. The van der Waals surface area contributed by atoms with Gasteiger partial charge in [-0.3, -0.25) is 15.6 Å². The summed E-state index contributed by atoms with van der Waals surface area (Å²) in [5, 5.41) is 9.39. The van der Waals surface area contributed by atoms with Crippen LogP contribution in [0.5, 0.6) is 5.75 Å². The average Bonchev–Trinajstić information content (AvgIpc) is 2.14. The van der Waals surface area contributed by atoms with E-state index < -0.39 is 5.91 Å². The fraction of sp³-hybridized carbons (Fsp3) is 0. The number of carbonyl (C=O) groups is 1. The fourth-order valence-corrected chi connectivity index (χ4v) is 1.28. The molecule has 1 aromatic rings. The van der Waals surface area contributed by atoms with Crippen LogP contribution in [0.3, 0.4) is 0 Å². The van der Waals surface area contributed by atoms with E-state index >= 15 is 0 Å². The Kier molecular flexibility index (Phi) is 3.87. The number of halogens is 1. The molecule has 0 unspecified atom stereocenters. The first-order valence-electron chi connectivity index (χ1n) is 3.85. The molecule has 5 N–H and O–H groups in total. The molecule has 0 aliphatic heterocycles. The molecule has 0 aromatic heterocycles. The number of amides is 1.